The number of hydrogen-bond acceptors (Lipinski definition) is 3. The monoisotopic (exact) mass is 338 g/mol. The second-order valence-electron chi connectivity index (χ2n) is 8.42. The van der Waals surface area contributed by atoms with Crippen molar-refractivity contribution in [2.75, 3.05) is 13.1 Å². The van der Waals surface area contributed by atoms with Crippen LogP contribution in [0.3, 0.4) is 0 Å². The van der Waals surface area contributed by atoms with Gasteiger partial charge in [0.2, 0.25) is 5.91 Å². The van der Waals surface area contributed by atoms with Crippen molar-refractivity contribution in [1.82, 2.24) is 15.5 Å². The van der Waals surface area contributed by atoms with Crippen LogP contribution in [0, 0.1) is 5.41 Å². The Morgan fingerprint density at radius 2 is 1.62 bits per heavy atom. The SMILES string of the molecule is CC(C)(C)[C@H](NC(=O)NC1CCN(C2CCCCC2)CC1)C(N)=O. The zero-order valence-electron chi connectivity index (χ0n) is 15.4. The number of piperidine rings is 1. The fourth-order valence-electron chi connectivity index (χ4n) is 3.93. The van der Waals surface area contributed by atoms with Gasteiger partial charge in [-0.1, -0.05) is 40.0 Å². The Kier molecular flexibility index (Phi) is 6.49. The Balaban J connectivity index is 1.76. The predicted octanol–water partition coefficient (Wildman–Crippen LogP) is 1.98. The lowest BCUT2D eigenvalue weighted by atomic mass is 9.86. The summed E-state index contributed by atoms with van der Waals surface area (Å²) < 4.78 is 0. The average Bonchev–Trinajstić information content (AvgIpc) is 2.53. The average molecular weight is 338 g/mol. The molecule has 0 aromatic rings. The highest BCUT2D eigenvalue weighted by Crippen LogP contribution is 2.25. The lowest BCUT2D eigenvalue weighted by molar-refractivity contribution is -0.122. The van der Waals surface area contributed by atoms with Crippen LogP contribution < -0.4 is 16.4 Å². The van der Waals surface area contributed by atoms with Crippen LogP contribution in [0.2, 0.25) is 0 Å². The highest BCUT2D eigenvalue weighted by molar-refractivity contribution is 5.86. The Labute approximate surface area is 145 Å². The second-order valence-corrected chi connectivity index (χ2v) is 8.42. The van der Waals surface area contributed by atoms with Gasteiger partial charge >= 0.3 is 6.03 Å². The first-order chi connectivity index (χ1) is 11.3. The van der Waals surface area contributed by atoms with E-state index >= 15 is 0 Å². The van der Waals surface area contributed by atoms with Gasteiger partial charge in [0.05, 0.1) is 0 Å². The molecule has 6 heteroatoms. The van der Waals surface area contributed by atoms with Crippen LogP contribution in [-0.2, 0) is 4.79 Å². The van der Waals surface area contributed by atoms with Crippen LogP contribution in [-0.4, -0.2) is 48.1 Å². The van der Waals surface area contributed by atoms with Crippen molar-refractivity contribution < 1.29 is 9.59 Å². The normalized spacial score (nSPS) is 22.8. The van der Waals surface area contributed by atoms with Gasteiger partial charge in [-0.25, -0.2) is 4.79 Å². The molecule has 0 bridgehead atoms. The van der Waals surface area contributed by atoms with Crippen LogP contribution >= 0.6 is 0 Å². The summed E-state index contributed by atoms with van der Waals surface area (Å²) in [5.41, 5.74) is 5.02. The third-order valence-corrected chi connectivity index (χ3v) is 5.38. The lowest BCUT2D eigenvalue weighted by Gasteiger charge is -2.39. The first-order valence-corrected chi connectivity index (χ1v) is 9.38. The molecule has 1 aliphatic heterocycles. The summed E-state index contributed by atoms with van der Waals surface area (Å²) >= 11 is 0. The molecule has 0 unspecified atom stereocenters. The molecular weight excluding hydrogens is 304 g/mol. The minimum Gasteiger partial charge on any atom is -0.368 e. The molecule has 1 saturated heterocycles. The van der Waals surface area contributed by atoms with Gasteiger partial charge in [-0.3, -0.25) is 4.79 Å². The molecule has 4 N–H and O–H groups in total. The van der Waals surface area contributed by atoms with E-state index in [1.807, 2.05) is 20.8 Å². The van der Waals surface area contributed by atoms with E-state index in [0.717, 1.165) is 32.0 Å². The molecule has 0 spiro atoms. The number of nitrogens with two attached hydrogens (primary N) is 1. The summed E-state index contributed by atoms with van der Waals surface area (Å²) in [5, 5.41) is 5.76. The summed E-state index contributed by atoms with van der Waals surface area (Å²) in [5.74, 6) is -0.496. The lowest BCUT2D eigenvalue weighted by Crippen LogP contribution is -2.57. The fourth-order valence-corrected chi connectivity index (χ4v) is 3.93. The molecule has 2 aliphatic rings. The first-order valence-electron chi connectivity index (χ1n) is 9.38. The van der Waals surface area contributed by atoms with Gasteiger partial charge in [0.1, 0.15) is 6.04 Å². The van der Waals surface area contributed by atoms with E-state index in [9.17, 15) is 9.59 Å². The van der Waals surface area contributed by atoms with Crippen molar-refractivity contribution in [3.8, 4) is 0 Å². The summed E-state index contributed by atoms with van der Waals surface area (Å²) in [7, 11) is 0. The van der Waals surface area contributed by atoms with E-state index in [-0.39, 0.29) is 12.1 Å². The maximum absolute atomic E-state index is 12.2. The summed E-state index contributed by atoms with van der Waals surface area (Å²) in [6, 6.07) is -0.0309. The Morgan fingerprint density at radius 3 is 2.12 bits per heavy atom. The smallest absolute Gasteiger partial charge is 0.315 e. The number of rotatable bonds is 4. The minimum atomic E-state index is -0.667. The molecule has 2 fully saturated rings. The third-order valence-electron chi connectivity index (χ3n) is 5.38. The van der Waals surface area contributed by atoms with Crippen molar-refractivity contribution in [2.45, 2.75) is 83.8 Å². The highest BCUT2D eigenvalue weighted by Gasteiger charge is 2.32. The number of nitrogens with one attached hydrogen (secondary N) is 2. The number of carbonyl (C=O) groups is 2. The minimum absolute atomic E-state index is 0.179. The Bertz CT molecular complexity index is 433. The number of carbonyl (C=O) groups excluding carboxylic acids is 2. The second kappa shape index (κ2) is 8.19. The van der Waals surface area contributed by atoms with Crippen molar-refractivity contribution in [2.24, 2.45) is 11.1 Å². The molecule has 6 nitrogen and oxygen atoms in total. The third kappa shape index (κ3) is 5.36. The quantitative estimate of drug-likeness (QED) is 0.732. The summed E-state index contributed by atoms with van der Waals surface area (Å²) in [6.45, 7) is 7.78. The van der Waals surface area contributed by atoms with Gasteiger partial charge in [-0.15, -0.1) is 0 Å². The maximum atomic E-state index is 12.2. The molecule has 2 rings (SSSR count). The largest absolute Gasteiger partial charge is 0.368 e. The number of amides is 3. The van der Waals surface area contributed by atoms with E-state index in [0.29, 0.717) is 0 Å². The van der Waals surface area contributed by atoms with Gasteiger partial charge in [0.25, 0.3) is 0 Å². The van der Waals surface area contributed by atoms with Gasteiger partial charge in [0, 0.05) is 25.2 Å². The summed E-state index contributed by atoms with van der Waals surface area (Å²) in [6.07, 6.45) is 8.68. The maximum Gasteiger partial charge on any atom is 0.315 e. The molecule has 1 saturated carbocycles. The van der Waals surface area contributed by atoms with Gasteiger partial charge in [-0.2, -0.15) is 0 Å². The van der Waals surface area contributed by atoms with Crippen molar-refractivity contribution in [1.29, 1.82) is 0 Å². The van der Waals surface area contributed by atoms with E-state index in [1.54, 1.807) is 0 Å². The predicted molar refractivity (Wildman–Crippen MR) is 95.6 cm³/mol. The number of likely N-dealkylation sites (tertiary alicyclic amines) is 1. The van der Waals surface area contributed by atoms with Crippen LogP contribution in [0.25, 0.3) is 0 Å². The zero-order chi connectivity index (χ0) is 17.7. The number of nitrogens with zero attached hydrogens (tertiary/aromatic N) is 1. The number of primary amides is 1. The highest BCUT2D eigenvalue weighted by atomic mass is 16.2. The van der Waals surface area contributed by atoms with Crippen LogP contribution in [0.4, 0.5) is 4.79 Å². The standard InChI is InChI=1S/C18H34N4O2/c1-18(2,3)15(16(19)23)21-17(24)20-13-9-11-22(12-10-13)14-7-5-4-6-8-14/h13-15H,4-12H2,1-3H3,(H2,19,23)(H2,20,21,24)/t15-/m1/s1. The molecule has 1 atom stereocenters. The zero-order valence-corrected chi connectivity index (χ0v) is 15.4. The van der Waals surface area contributed by atoms with Crippen molar-refractivity contribution in [3.05, 3.63) is 0 Å². The summed E-state index contributed by atoms with van der Waals surface area (Å²) in [4.78, 5) is 26.4. The molecule has 0 aromatic heterocycles. The molecule has 3 amide bonds. The van der Waals surface area contributed by atoms with Gasteiger partial charge < -0.3 is 21.3 Å². The molecule has 24 heavy (non-hydrogen) atoms. The molecular formula is C18H34N4O2. The molecule has 1 aliphatic carbocycles. The fraction of sp³-hybridized carbons (Fsp3) is 0.889. The molecule has 1 heterocycles. The first kappa shape index (κ1) is 19.0. The molecule has 0 aromatic carbocycles. The van der Waals surface area contributed by atoms with Crippen molar-refractivity contribution in [3.63, 3.8) is 0 Å². The van der Waals surface area contributed by atoms with Crippen LogP contribution in [0.5, 0.6) is 0 Å². The van der Waals surface area contributed by atoms with E-state index < -0.39 is 17.4 Å². The Morgan fingerprint density at radius 1 is 1.04 bits per heavy atom. The van der Waals surface area contributed by atoms with Gasteiger partial charge in [0.15, 0.2) is 0 Å². The molecule has 0 radical (unpaired) electrons. The van der Waals surface area contributed by atoms with E-state index in [1.165, 1.54) is 32.1 Å². The van der Waals surface area contributed by atoms with Crippen LogP contribution in [0.1, 0.15) is 65.7 Å². The van der Waals surface area contributed by atoms with Crippen LogP contribution in [0.15, 0.2) is 0 Å². The van der Waals surface area contributed by atoms with Gasteiger partial charge in [-0.05, 0) is 31.1 Å². The number of hydrogen-bond donors (Lipinski definition) is 3. The number of urea groups is 1. The topological polar surface area (TPSA) is 87.5 Å². The van der Waals surface area contributed by atoms with E-state index in [2.05, 4.69) is 15.5 Å². The molecule has 138 valence electrons. The Hall–Kier alpha value is -1.30. The van der Waals surface area contributed by atoms with E-state index in [4.69, 9.17) is 5.73 Å². The van der Waals surface area contributed by atoms with Crippen molar-refractivity contribution >= 4 is 11.9 Å².